The van der Waals surface area contributed by atoms with Crippen molar-refractivity contribution in [1.82, 2.24) is 10.3 Å². The van der Waals surface area contributed by atoms with E-state index in [0.29, 0.717) is 17.1 Å². The van der Waals surface area contributed by atoms with Crippen LogP contribution in [0.3, 0.4) is 0 Å². The molecule has 0 aliphatic rings. The first-order valence-corrected chi connectivity index (χ1v) is 10.3. The number of nitrogens with zero attached hydrogens (tertiary/aromatic N) is 1. The molecule has 0 fully saturated rings. The monoisotopic (exact) mass is 435 g/mol. The summed E-state index contributed by atoms with van der Waals surface area (Å²) in [4.78, 5) is 28.7. The standard InChI is InChI=1S/C19H22BrN3O2S/c1-2-3-4-11-21-18(25)16-6-5-12-22-19(16)26-13-17(24)23-15-9-7-14(20)8-10-15/h5-10,12H,2-4,11,13H2,1H3,(H,21,25)(H,23,24). The number of benzene rings is 1. The Kier molecular flexibility index (Phi) is 8.64. The highest BCUT2D eigenvalue weighted by Crippen LogP contribution is 2.21. The molecule has 0 saturated heterocycles. The number of hydrogen-bond acceptors (Lipinski definition) is 4. The lowest BCUT2D eigenvalue weighted by molar-refractivity contribution is -0.113. The third-order valence-electron chi connectivity index (χ3n) is 3.55. The van der Waals surface area contributed by atoms with Crippen molar-refractivity contribution in [3.63, 3.8) is 0 Å². The summed E-state index contributed by atoms with van der Waals surface area (Å²) in [6.45, 7) is 2.77. The molecule has 2 amide bonds. The number of anilines is 1. The van der Waals surface area contributed by atoms with E-state index in [-0.39, 0.29) is 17.6 Å². The average Bonchev–Trinajstić information content (AvgIpc) is 2.65. The SMILES string of the molecule is CCCCCNC(=O)c1cccnc1SCC(=O)Nc1ccc(Br)cc1. The number of aromatic nitrogens is 1. The molecule has 2 aromatic rings. The van der Waals surface area contributed by atoms with Crippen LogP contribution in [0, 0.1) is 0 Å². The maximum atomic E-state index is 12.3. The third-order valence-corrected chi connectivity index (χ3v) is 5.08. The molecule has 7 heteroatoms. The molecule has 0 saturated carbocycles. The summed E-state index contributed by atoms with van der Waals surface area (Å²) in [7, 11) is 0. The second-order valence-electron chi connectivity index (χ2n) is 5.66. The lowest BCUT2D eigenvalue weighted by Gasteiger charge is -2.09. The predicted molar refractivity (Wildman–Crippen MR) is 110 cm³/mol. The molecule has 0 unspecified atom stereocenters. The summed E-state index contributed by atoms with van der Waals surface area (Å²) in [5.41, 5.74) is 1.24. The number of rotatable bonds is 9. The fourth-order valence-electron chi connectivity index (χ4n) is 2.21. The van der Waals surface area contributed by atoms with Crippen LogP contribution in [0.1, 0.15) is 36.5 Å². The quantitative estimate of drug-likeness (QED) is 0.449. The second kappa shape index (κ2) is 11.0. The molecule has 0 aliphatic heterocycles. The Labute approximate surface area is 166 Å². The molecule has 1 aromatic carbocycles. The van der Waals surface area contributed by atoms with Crippen molar-refractivity contribution in [1.29, 1.82) is 0 Å². The molecular formula is C19H22BrN3O2S. The van der Waals surface area contributed by atoms with Crippen molar-refractivity contribution in [3.8, 4) is 0 Å². The highest BCUT2D eigenvalue weighted by atomic mass is 79.9. The van der Waals surface area contributed by atoms with Gasteiger partial charge in [0.15, 0.2) is 0 Å². The van der Waals surface area contributed by atoms with E-state index >= 15 is 0 Å². The van der Waals surface area contributed by atoms with Crippen LogP contribution in [-0.4, -0.2) is 29.1 Å². The minimum absolute atomic E-state index is 0.141. The van der Waals surface area contributed by atoms with Crippen molar-refractivity contribution in [3.05, 3.63) is 52.6 Å². The number of pyridine rings is 1. The van der Waals surface area contributed by atoms with Gasteiger partial charge in [0.1, 0.15) is 5.03 Å². The van der Waals surface area contributed by atoms with Crippen molar-refractivity contribution < 1.29 is 9.59 Å². The summed E-state index contributed by atoms with van der Waals surface area (Å²) in [5, 5.41) is 6.30. The topological polar surface area (TPSA) is 71.1 Å². The number of nitrogens with one attached hydrogen (secondary N) is 2. The Hall–Kier alpha value is -1.86. The van der Waals surface area contributed by atoms with E-state index in [2.05, 4.69) is 38.5 Å². The van der Waals surface area contributed by atoms with Crippen molar-refractivity contribution in [2.24, 2.45) is 0 Å². The average molecular weight is 436 g/mol. The van der Waals surface area contributed by atoms with Gasteiger partial charge in [0, 0.05) is 22.9 Å². The van der Waals surface area contributed by atoms with Gasteiger partial charge in [-0.05, 0) is 42.8 Å². The Morgan fingerprint density at radius 3 is 2.65 bits per heavy atom. The number of amides is 2. The van der Waals surface area contributed by atoms with Crippen LogP contribution in [0.2, 0.25) is 0 Å². The first kappa shape index (κ1) is 20.5. The van der Waals surface area contributed by atoms with Gasteiger partial charge in [0.25, 0.3) is 5.91 Å². The van der Waals surface area contributed by atoms with Crippen LogP contribution in [0.5, 0.6) is 0 Å². The normalized spacial score (nSPS) is 10.4. The minimum atomic E-state index is -0.148. The van der Waals surface area contributed by atoms with Gasteiger partial charge in [-0.2, -0.15) is 0 Å². The molecule has 2 rings (SSSR count). The van der Waals surface area contributed by atoms with E-state index < -0.39 is 0 Å². The van der Waals surface area contributed by atoms with Gasteiger partial charge in [-0.3, -0.25) is 9.59 Å². The number of thioether (sulfide) groups is 1. The summed E-state index contributed by atoms with van der Waals surface area (Å²) >= 11 is 4.61. The lowest BCUT2D eigenvalue weighted by Crippen LogP contribution is -2.25. The van der Waals surface area contributed by atoms with Crippen LogP contribution < -0.4 is 10.6 Å². The molecule has 2 N–H and O–H groups in total. The Morgan fingerprint density at radius 1 is 1.15 bits per heavy atom. The molecule has 1 heterocycles. The van der Waals surface area contributed by atoms with Gasteiger partial charge in [-0.25, -0.2) is 4.98 Å². The molecule has 0 atom stereocenters. The molecular weight excluding hydrogens is 414 g/mol. The van der Waals surface area contributed by atoms with Crippen LogP contribution >= 0.6 is 27.7 Å². The Morgan fingerprint density at radius 2 is 1.92 bits per heavy atom. The molecule has 5 nitrogen and oxygen atoms in total. The maximum absolute atomic E-state index is 12.3. The second-order valence-corrected chi connectivity index (χ2v) is 7.54. The van der Waals surface area contributed by atoms with Gasteiger partial charge in [-0.15, -0.1) is 0 Å². The summed E-state index contributed by atoms with van der Waals surface area (Å²) in [6, 6.07) is 10.8. The van der Waals surface area contributed by atoms with Crippen molar-refractivity contribution in [2.75, 3.05) is 17.6 Å². The van der Waals surface area contributed by atoms with E-state index in [1.54, 1.807) is 18.3 Å². The molecule has 26 heavy (non-hydrogen) atoms. The van der Waals surface area contributed by atoms with Crippen molar-refractivity contribution in [2.45, 2.75) is 31.2 Å². The lowest BCUT2D eigenvalue weighted by atomic mass is 10.2. The van der Waals surface area contributed by atoms with Crippen molar-refractivity contribution >= 4 is 45.2 Å². The Bertz CT molecular complexity index is 738. The zero-order valence-corrected chi connectivity index (χ0v) is 17.0. The Balaban J connectivity index is 1.89. The van der Waals surface area contributed by atoms with Gasteiger partial charge in [0.05, 0.1) is 11.3 Å². The molecule has 0 spiro atoms. The van der Waals surface area contributed by atoms with Crippen LogP contribution in [-0.2, 0) is 4.79 Å². The van der Waals surface area contributed by atoms with E-state index in [4.69, 9.17) is 0 Å². The van der Waals surface area contributed by atoms with Crippen LogP contribution in [0.4, 0.5) is 5.69 Å². The van der Waals surface area contributed by atoms with E-state index in [9.17, 15) is 9.59 Å². The van der Waals surface area contributed by atoms with Gasteiger partial charge >= 0.3 is 0 Å². The number of carbonyl (C=O) groups is 2. The van der Waals surface area contributed by atoms with E-state index in [1.807, 2.05) is 24.3 Å². The number of halogens is 1. The van der Waals surface area contributed by atoms with Crippen LogP contribution in [0.25, 0.3) is 0 Å². The van der Waals surface area contributed by atoms with Gasteiger partial charge in [-0.1, -0.05) is 47.5 Å². The van der Waals surface area contributed by atoms with Gasteiger partial charge < -0.3 is 10.6 Å². The summed E-state index contributed by atoms with van der Waals surface area (Å²) < 4.78 is 0.952. The smallest absolute Gasteiger partial charge is 0.254 e. The fourth-order valence-corrected chi connectivity index (χ4v) is 3.27. The number of carbonyl (C=O) groups excluding carboxylic acids is 2. The molecule has 0 bridgehead atoms. The zero-order valence-electron chi connectivity index (χ0n) is 14.6. The predicted octanol–water partition coefficient (Wildman–Crippen LogP) is 4.49. The minimum Gasteiger partial charge on any atom is -0.352 e. The highest BCUT2D eigenvalue weighted by molar-refractivity contribution is 9.10. The highest BCUT2D eigenvalue weighted by Gasteiger charge is 2.14. The molecule has 0 radical (unpaired) electrons. The van der Waals surface area contributed by atoms with Crippen LogP contribution in [0.15, 0.2) is 52.1 Å². The first-order chi connectivity index (χ1) is 12.6. The third kappa shape index (κ3) is 6.80. The van der Waals surface area contributed by atoms with E-state index in [1.165, 1.54) is 11.8 Å². The molecule has 0 aliphatic carbocycles. The largest absolute Gasteiger partial charge is 0.352 e. The van der Waals surface area contributed by atoms with E-state index in [0.717, 1.165) is 29.4 Å². The molecule has 1 aromatic heterocycles. The fraction of sp³-hybridized carbons (Fsp3) is 0.316. The molecule has 138 valence electrons. The summed E-state index contributed by atoms with van der Waals surface area (Å²) in [6.07, 6.45) is 4.78. The number of unbranched alkanes of at least 4 members (excludes halogenated alkanes) is 2. The number of hydrogen-bond donors (Lipinski definition) is 2. The summed E-state index contributed by atoms with van der Waals surface area (Å²) in [5.74, 6) is -0.106. The first-order valence-electron chi connectivity index (χ1n) is 8.51. The zero-order chi connectivity index (χ0) is 18.8. The van der Waals surface area contributed by atoms with Gasteiger partial charge in [0.2, 0.25) is 5.91 Å². The maximum Gasteiger partial charge on any atom is 0.254 e.